The van der Waals surface area contributed by atoms with E-state index in [4.69, 9.17) is 15.9 Å². The molecule has 2 aromatic rings. The molecular weight excluding hydrogens is 394 g/mol. The number of H-pyrrole nitrogens is 1. The first-order valence-electron chi connectivity index (χ1n) is 9.55. The number of terminal acetylenes is 1. The van der Waals surface area contributed by atoms with Crippen LogP contribution in [0.3, 0.4) is 0 Å². The van der Waals surface area contributed by atoms with Gasteiger partial charge in [0, 0.05) is 13.8 Å². The zero-order chi connectivity index (χ0) is 22.0. The van der Waals surface area contributed by atoms with Crippen LogP contribution >= 0.6 is 0 Å². The van der Waals surface area contributed by atoms with Crippen LogP contribution in [0.15, 0.2) is 9.59 Å². The van der Waals surface area contributed by atoms with E-state index in [0.717, 1.165) is 4.57 Å². The molecule has 0 spiro atoms. The molecule has 160 valence electrons. The molecule has 30 heavy (non-hydrogen) atoms. The normalized spacial score (nSPS) is 19.4. The minimum absolute atomic E-state index is 0.00821. The third-order valence-electron chi connectivity index (χ3n) is 4.81. The summed E-state index contributed by atoms with van der Waals surface area (Å²) in [6, 6.07) is 0. The number of aromatic nitrogens is 4. The van der Waals surface area contributed by atoms with Gasteiger partial charge >= 0.3 is 11.7 Å². The van der Waals surface area contributed by atoms with Crippen molar-refractivity contribution in [2.75, 3.05) is 5.32 Å². The highest BCUT2D eigenvalue weighted by Gasteiger charge is 2.36. The fourth-order valence-electron chi connectivity index (χ4n) is 3.65. The number of imidazole rings is 1. The smallest absolute Gasteiger partial charge is 0.333 e. The van der Waals surface area contributed by atoms with Crippen molar-refractivity contribution >= 4 is 29.0 Å². The predicted molar refractivity (Wildman–Crippen MR) is 107 cm³/mol. The summed E-state index contributed by atoms with van der Waals surface area (Å²) >= 11 is 0. The number of nitrogens with one attached hydrogen (secondary N) is 2. The second kappa shape index (κ2) is 8.54. The highest BCUT2D eigenvalue weighted by Crippen LogP contribution is 2.32. The molecule has 0 aromatic carbocycles. The first-order chi connectivity index (χ1) is 14.3. The lowest BCUT2D eigenvalue weighted by atomic mass is 10.1. The minimum Gasteiger partial charge on any atom is -0.460 e. The van der Waals surface area contributed by atoms with Gasteiger partial charge in [-0.15, -0.1) is 6.42 Å². The lowest BCUT2D eigenvalue weighted by molar-refractivity contribution is -0.156. The number of nitrogens with zero attached hydrogens (tertiary/aromatic N) is 3. The average Bonchev–Trinajstić information content (AvgIpc) is 3.23. The summed E-state index contributed by atoms with van der Waals surface area (Å²) in [6.07, 6.45) is 5.33. The quantitative estimate of drug-likeness (QED) is 0.516. The number of rotatable bonds is 6. The van der Waals surface area contributed by atoms with Crippen molar-refractivity contribution < 1.29 is 19.1 Å². The Morgan fingerprint density at radius 2 is 2.13 bits per heavy atom. The maximum atomic E-state index is 13.1. The topological polar surface area (TPSA) is 137 Å². The number of fused-ring (bicyclic) bond motifs is 1. The van der Waals surface area contributed by atoms with Gasteiger partial charge in [-0.05, 0) is 19.3 Å². The van der Waals surface area contributed by atoms with Crippen molar-refractivity contribution in [3.05, 3.63) is 20.8 Å². The van der Waals surface area contributed by atoms with Gasteiger partial charge in [-0.25, -0.2) is 9.36 Å². The zero-order valence-electron chi connectivity index (χ0n) is 16.9. The Morgan fingerprint density at radius 3 is 2.73 bits per heavy atom. The van der Waals surface area contributed by atoms with Gasteiger partial charge < -0.3 is 9.47 Å². The number of carbonyl (C=O) groups excluding carboxylic acids is 2. The lowest BCUT2D eigenvalue weighted by Crippen LogP contribution is -2.32. The number of esters is 1. The van der Waals surface area contributed by atoms with Crippen LogP contribution in [-0.4, -0.2) is 43.2 Å². The Bertz CT molecular complexity index is 1140. The molecule has 2 N–H and O–H groups in total. The van der Waals surface area contributed by atoms with E-state index in [2.05, 4.69) is 21.2 Å². The van der Waals surface area contributed by atoms with E-state index >= 15 is 0 Å². The Balaban J connectivity index is 2.08. The second-order valence-electron chi connectivity index (χ2n) is 6.97. The van der Waals surface area contributed by atoms with Crippen molar-refractivity contribution in [3.63, 3.8) is 0 Å². The van der Waals surface area contributed by atoms with E-state index in [-0.39, 0.29) is 23.7 Å². The molecule has 1 unspecified atom stereocenters. The molecule has 0 bridgehead atoms. The Morgan fingerprint density at radius 1 is 1.40 bits per heavy atom. The van der Waals surface area contributed by atoms with E-state index < -0.39 is 41.6 Å². The number of ether oxygens (including phenoxy) is 2. The van der Waals surface area contributed by atoms with Gasteiger partial charge in [0.2, 0.25) is 11.9 Å². The molecule has 1 aliphatic rings. The van der Waals surface area contributed by atoms with Crippen LogP contribution in [0.1, 0.15) is 46.3 Å². The summed E-state index contributed by atoms with van der Waals surface area (Å²) in [5.74, 6) is 1.42. The number of hydrogen-bond acceptors (Lipinski definition) is 7. The van der Waals surface area contributed by atoms with Crippen molar-refractivity contribution in [1.82, 2.24) is 19.1 Å². The molecule has 11 nitrogen and oxygen atoms in total. The standard InChI is InChI=1S/C19H23N5O6/c1-5-9-23-15-16(21-18(20-10(3)25)22-17(15)27)24(19(23)28)14-8-7-13(30-14)12(6-2)29-11(4)26/h1,12-14H,6-9H2,2-4H3,(H2,20,21,22,25,27)/t12-,13?,14-/m1/s1. The van der Waals surface area contributed by atoms with Gasteiger partial charge in [0.1, 0.15) is 12.3 Å². The van der Waals surface area contributed by atoms with E-state index in [1.165, 1.54) is 18.4 Å². The van der Waals surface area contributed by atoms with Crippen LogP contribution < -0.4 is 16.6 Å². The largest absolute Gasteiger partial charge is 0.460 e. The molecule has 3 heterocycles. The van der Waals surface area contributed by atoms with Gasteiger partial charge in [0.15, 0.2) is 11.2 Å². The number of hydrogen-bond donors (Lipinski definition) is 2. The summed E-state index contributed by atoms with van der Waals surface area (Å²) < 4.78 is 13.7. The van der Waals surface area contributed by atoms with Gasteiger partial charge in [-0.2, -0.15) is 4.98 Å². The highest BCUT2D eigenvalue weighted by atomic mass is 16.6. The molecule has 0 radical (unpaired) electrons. The zero-order valence-corrected chi connectivity index (χ0v) is 16.9. The van der Waals surface area contributed by atoms with Crippen molar-refractivity contribution in [3.8, 4) is 12.3 Å². The van der Waals surface area contributed by atoms with E-state index in [0.29, 0.717) is 19.3 Å². The summed E-state index contributed by atoms with van der Waals surface area (Å²) in [6.45, 7) is 4.34. The average molecular weight is 417 g/mol. The maximum absolute atomic E-state index is 13.1. The van der Waals surface area contributed by atoms with Crippen LogP contribution in [0.4, 0.5) is 5.95 Å². The molecule has 1 amide bonds. The van der Waals surface area contributed by atoms with Gasteiger partial charge in [0.05, 0.1) is 12.6 Å². The second-order valence-corrected chi connectivity index (χ2v) is 6.97. The molecule has 3 rings (SSSR count). The molecule has 1 aliphatic heterocycles. The fourth-order valence-corrected chi connectivity index (χ4v) is 3.65. The summed E-state index contributed by atoms with van der Waals surface area (Å²) in [7, 11) is 0. The summed E-state index contributed by atoms with van der Waals surface area (Å²) in [5, 5.41) is 2.41. The van der Waals surface area contributed by atoms with Crippen molar-refractivity contribution in [1.29, 1.82) is 0 Å². The number of carbonyl (C=O) groups is 2. The van der Waals surface area contributed by atoms with Crippen LogP contribution in [-0.2, 0) is 25.6 Å². The third kappa shape index (κ3) is 3.99. The lowest BCUT2D eigenvalue weighted by Gasteiger charge is -2.22. The Kier molecular flexibility index (Phi) is 6.07. The third-order valence-corrected chi connectivity index (χ3v) is 4.81. The summed E-state index contributed by atoms with van der Waals surface area (Å²) in [4.78, 5) is 55.1. The maximum Gasteiger partial charge on any atom is 0.333 e. The van der Waals surface area contributed by atoms with Gasteiger partial charge in [-0.3, -0.25) is 29.3 Å². The molecule has 3 atom stereocenters. The van der Waals surface area contributed by atoms with Crippen molar-refractivity contribution in [2.24, 2.45) is 0 Å². The van der Waals surface area contributed by atoms with Crippen LogP contribution in [0.5, 0.6) is 0 Å². The monoisotopic (exact) mass is 417 g/mol. The summed E-state index contributed by atoms with van der Waals surface area (Å²) in [5.41, 5.74) is -1.12. The SMILES string of the molecule is C#CCn1c(=O)n([C@H]2CCC([C@@H](CC)OC(C)=O)O2)c2nc(NC(C)=O)[nH]c(=O)c21. The Labute approximate surface area is 171 Å². The fraction of sp³-hybridized carbons (Fsp3) is 0.526. The van der Waals surface area contributed by atoms with E-state index in [1.54, 1.807) is 0 Å². The number of amides is 1. The molecule has 11 heteroatoms. The number of aromatic amines is 1. The molecule has 2 aromatic heterocycles. The number of anilines is 1. The first kappa shape index (κ1) is 21.3. The molecule has 1 saturated heterocycles. The van der Waals surface area contributed by atoms with E-state index in [1.807, 2.05) is 6.92 Å². The van der Waals surface area contributed by atoms with E-state index in [9.17, 15) is 19.2 Å². The van der Waals surface area contributed by atoms with Crippen LogP contribution in [0, 0.1) is 12.3 Å². The predicted octanol–water partition coefficient (Wildman–Crippen LogP) is 0.497. The molecule has 0 aliphatic carbocycles. The van der Waals surface area contributed by atoms with Crippen molar-refractivity contribution in [2.45, 2.75) is 65.0 Å². The molecule has 0 saturated carbocycles. The van der Waals surface area contributed by atoms with Crippen LogP contribution in [0.2, 0.25) is 0 Å². The minimum atomic E-state index is -0.729. The van der Waals surface area contributed by atoms with Crippen LogP contribution in [0.25, 0.3) is 11.2 Å². The molecule has 1 fully saturated rings. The molecular formula is C19H23N5O6. The van der Waals surface area contributed by atoms with Gasteiger partial charge in [-0.1, -0.05) is 12.8 Å². The Hall–Kier alpha value is -3.39. The highest BCUT2D eigenvalue weighted by molar-refractivity contribution is 5.87. The van der Waals surface area contributed by atoms with Gasteiger partial charge in [0.25, 0.3) is 5.56 Å². The first-order valence-corrected chi connectivity index (χ1v) is 9.55.